The molecule has 33 heavy (non-hydrogen) atoms. The second-order valence-electron chi connectivity index (χ2n) is 9.89. The largest absolute Gasteiger partial charge is 0.367 e. The van der Waals surface area contributed by atoms with Gasteiger partial charge in [0.1, 0.15) is 17.2 Å². The van der Waals surface area contributed by atoms with Gasteiger partial charge in [-0.3, -0.25) is 9.20 Å². The highest BCUT2D eigenvalue weighted by atomic mass is 16.1. The van der Waals surface area contributed by atoms with E-state index in [9.17, 15) is 4.79 Å². The van der Waals surface area contributed by atoms with Crippen molar-refractivity contribution in [3.8, 4) is 11.3 Å². The number of hydrogen-bond acceptors (Lipinski definition) is 4. The SMILES string of the molecule is Cc1cccc(-c2nc3cc(C(=O)NC4CCC(N)CC4)ccn3c2NC2CCCCC2)c1. The van der Waals surface area contributed by atoms with Crippen LogP contribution in [0.5, 0.6) is 0 Å². The molecule has 2 saturated carbocycles. The van der Waals surface area contributed by atoms with E-state index in [4.69, 9.17) is 10.7 Å². The average Bonchev–Trinajstić information content (AvgIpc) is 3.19. The Kier molecular flexibility index (Phi) is 6.36. The van der Waals surface area contributed by atoms with E-state index < -0.39 is 0 Å². The molecule has 4 N–H and O–H groups in total. The van der Waals surface area contributed by atoms with Crippen molar-refractivity contribution in [3.63, 3.8) is 0 Å². The first-order valence-corrected chi connectivity index (χ1v) is 12.5. The minimum absolute atomic E-state index is 0.0279. The highest BCUT2D eigenvalue weighted by Gasteiger charge is 2.23. The van der Waals surface area contributed by atoms with Crippen molar-refractivity contribution in [3.05, 3.63) is 53.7 Å². The second-order valence-corrected chi connectivity index (χ2v) is 9.89. The molecule has 2 heterocycles. The quantitative estimate of drug-likeness (QED) is 0.513. The van der Waals surface area contributed by atoms with Crippen LogP contribution >= 0.6 is 0 Å². The van der Waals surface area contributed by atoms with Gasteiger partial charge in [-0.15, -0.1) is 0 Å². The Labute approximate surface area is 196 Å². The fraction of sp³-hybridized carbons (Fsp3) is 0.481. The summed E-state index contributed by atoms with van der Waals surface area (Å²) in [7, 11) is 0. The summed E-state index contributed by atoms with van der Waals surface area (Å²) in [6, 6.07) is 13.2. The van der Waals surface area contributed by atoms with Crippen molar-refractivity contribution in [2.24, 2.45) is 5.73 Å². The summed E-state index contributed by atoms with van der Waals surface area (Å²) in [4.78, 5) is 18.0. The van der Waals surface area contributed by atoms with Crippen LogP contribution in [0.2, 0.25) is 0 Å². The lowest BCUT2D eigenvalue weighted by molar-refractivity contribution is 0.0926. The van der Waals surface area contributed by atoms with Gasteiger partial charge < -0.3 is 16.4 Å². The summed E-state index contributed by atoms with van der Waals surface area (Å²) in [6.07, 6.45) is 12.1. The lowest BCUT2D eigenvalue weighted by Crippen LogP contribution is -2.40. The molecule has 0 atom stereocenters. The molecule has 0 aliphatic heterocycles. The monoisotopic (exact) mass is 445 g/mol. The molecule has 0 unspecified atom stereocenters. The van der Waals surface area contributed by atoms with Crippen LogP contribution in [0.25, 0.3) is 16.9 Å². The zero-order valence-electron chi connectivity index (χ0n) is 19.5. The Bertz CT molecular complexity index is 1120. The molecule has 6 heteroatoms. The van der Waals surface area contributed by atoms with E-state index in [2.05, 4.69) is 46.2 Å². The van der Waals surface area contributed by atoms with Crippen LogP contribution in [-0.4, -0.2) is 33.4 Å². The number of pyridine rings is 1. The summed E-state index contributed by atoms with van der Waals surface area (Å²) >= 11 is 0. The van der Waals surface area contributed by atoms with Crippen molar-refractivity contribution in [2.75, 3.05) is 5.32 Å². The Balaban J connectivity index is 1.46. The number of aryl methyl sites for hydroxylation is 1. The van der Waals surface area contributed by atoms with Gasteiger partial charge in [-0.05, 0) is 63.6 Å². The summed E-state index contributed by atoms with van der Waals surface area (Å²) in [5.41, 5.74) is 10.7. The predicted octanol–water partition coefficient (Wildman–Crippen LogP) is 5.05. The van der Waals surface area contributed by atoms with Crippen molar-refractivity contribution < 1.29 is 4.79 Å². The van der Waals surface area contributed by atoms with Crippen LogP contribution < -0.4 is 16.4 Å². The van der Waals surface area contributed by atoms with E-state index in [0.29, 0.717) is 11.6 Å². The number of carbonyl (C=O) groups excluding carboxylic acids is 1. The van der Waals surface area contributed by atoms with Gasteiger partial charge in [0.2, 0.25) is 0 Å². The predicted molar refractivity (Wildman–Crippen MR) is 134 cm³/mol. The fourth-order valence-electron chi connectivity index (χ4n) is 5.29. The molecule has 0 bridgehead atoms. The number of hydrogen-bond donors (Lipinski definition) is 3. The Hall–Kier alpha value is -2.86. The maximum atomic E-state index is 13.0. The third-order valence-electron chi connectivity index (χ3n) is 7.23. The van der Waals surface area contributed by atoms with Crippen LogP contribution in [0.1, 0.15) is 73.7 Å². The Morgan fingerprint density at radius 3 is 2.55 bits per heavy atom. The van der Waals surface area contributed by atoms with Crippen LogP contribution in [0.3, 0.4) is 0 Å². The first-order chi connectivity index (χ1) is 16.1. The first-order valence-electron chi connectivity index (χ1n) is 12.5. The van der Waals surface area contributed by atoms with Gasteiger partial charge in [-0.25, -0.2) is 4.98 Å². The minimum Gasteiger partial charge on any atom is -0.367 e. The van der Waals surface area contributed by atoms with E-state index in [-0.39, 0.29) is 18.0 Å². The standard InChI is InChI=1S/C27H35N5O/c1-18-6-5-7-19(16-18)25-26(29-22-8-3-2-4-9-22)32-15-14-20(17-24(32)31-25)27(33)30-23-12-10-21(28)11-13-23/h5-7,14-17,21-23,29H,2-4,8-13,28H2,1H3,(H,30,33). The summed E-state index contributed by atoms with van der Waals surface area (Å²) in [6.45, 7) is 2.11. The molecule has 5 rings (SSSR count). The Morgan fingerprint density at radius 1 is 1.00 bits per heavy atom. The number of nitrogens with two attached hydrogens (primary N) is 1. The van der Waals surface area contributed by atoms with Gasteiger partial charge in [-0.2, -0.15) is 0 Å². The molecule has 2 aliphatic carbocycles. The van der Waals surface area contributed by atoms with Crippen molar-refractivity contribution in [2.45, 2.75) is 82.8 Å². The van der Waals surface area contributed by atoms with E-state index in [1.54, 1.807) is 0 Å². The fourth-order valence-corrected chi connectivity index (χ4v) is 5.29. The van der Waals surface area contributed by atoms with Gasteiger partial charge in [0, 0.05) is 35.4 Å². The highest BCUT2D eigenvalue weighted by Crippen LogP contribution is 2.32. The average molecular weight is 446 g/mol. The van der Waals surface area contributed by atoms with E-state index in [0.717, 1.165) is 48.4 Å². The zero-order valence-corrected chi connectivity index (χ0v) is 19.5. The van der Waals surface area contributed by atoms with Crippen LogP contribution in [0.4, 0.5) is 5.82 Å². The molecular weight excluding hydrogens is 410 g/mol. The lowest BCUT2D eigenvalue weighted by atomic mass is 9.91. The number of aromatic nitrogens is 2. The summed E-state index contributed by atoms with van der Waals surface area (Å²) < 4.78 is 2.10. The van der Waals surface area contributed by atoms with E-state index >= 15 is 0 Å². The maximum Gasteiger partial charge on any atom is 0.251 e. The zero-order chi connectivity index (χ0) is 22.8. The summed E-state index contributed by atoms with van der Waals surface area (Å²) in [5, 5.41) is 7.00. The summed E-state index contributed by atoms with van der Waals surface area (Å²) in [5.74, 6) is 0.996. The highest BCUT2D eigenvalue weighted by molar-refractivity contribution is 5.95. The van der Waals surface area contributed by atoms with Gasteiger partial charge >= 0.3 is 0 Å². The van der Waals surface area contributed by atoms with Crippen molar-refractivity contribution in [1.29, 1.82) is 0 Å². The number of rotatable bonds is 5. The number of nitrogens with zero attached hydrogens (tertiary/aromatic N) is 2. The second kappa shape index (κ2) is 9.56. The molecular formula is C27H35N5O. The topological polar surface area (TPSA) is 84.5 Å². The molecule has 0 saturated heterocycles. The van der Waals surface area contributed by atoms with Gasteiger partial charge in [0.25, 0.3) is 5.91 Å². The van der Waals surface area contributed by atoms with E-state index in [1.165, 1.54) is 37.7 Å². The minimum atomic E-state index is -0.0279. The molecule has 1 aromatic carbocycles. The molecule has 174 valence electrons. The first kappa shape index (κ1) is 22.0. The molecule has 2 fully saturated rings. The number of anilines is 1. The number of nitrogens with one attached hydrogen (secondary N) is 2. The normalized spacial score (nSPS) is 21.8. The van der Waals surface area contributed by atoms with Gasteiger partial charge in [0.15, 0.2) is 0 Å². The molecule has 1 amide bonds. The molecule has 2 aromatic heterocycles. The third-order valence-corrected chi connectivity index (χ3v) is 7.23. The van der Waals surface area contributed by atoms with Crippen molar-refractivity contribution in [1.82, 2.24) is 14.7 Å². The third kappa shape index (κ3) is 4.91. The number of carbonyl (C=O) groups is 1. The van der Waals surface area contributed by atoms with Crippen molar-refractivity contribution >= 4 is 17.4 Å². The molecule has 6 nitrogen and oxygen atoms in total. The molecule has 3 aromatic rings. The van der Waals surface area contributed by atoms with Crippen LogP contribution in [0.15, 0.2) is 42.6 Å². The van der Waals surface area contributed by atoms with Crippen LogP contribution in [-0.2, 0) is 0 Å². The molecule has 0 radical (unpaired) electrons. The van der Waals surface area contributed by atoms with Gasteiger partial charge in [-0.1, -0.05) is 43.0 Å². The van der Waals surface area contributed by atoms with Gasteiger partial charge in [0.05, 0.1) is 0 Å². The molecule has 2 aliphatic rings. The molecule has 0 spiro atoms. The van der Waals surface area contributed by atoms with E-state index in [1.807, 2.05) is 18.3 Å². The number of fused-ring (bicyclic) bond motifs is 1. The maximum absolute atomic E-state index is 13.0. The number of imidazole rings is 1. The Morgan fingerprint density at radius 2 is 1.79 bits per heavy atom. The lowest BCUT2D eigenvalue weighted by Gasteiger charge is -2.26. The smallest absolute Gasteiger partial charge is 0.251 e. The number of benzene rings is 1. The number of amides is 1. The van der Waals surface area contributed by atoms with Crippen LogP contribution in [0, 0.1) is 6.92 Å².